The van der Waals surface area contributed by atoms with Crippen molar-refractivity contribution in [3.63, 3.8) is 0 Å². The van der Waals surface area contributed by atoms with Gasteiger partial charge in [0.2, 0.25) is 5.91 Å². The van der Waals surface area contributed by atoms with Crippen molar-refractivity contribution < 1.29 is 19.4 Å². The van der Waals surface area contributed by atoms with Gasteiger partial charge in [-0.25, -0.2) is 0 Å². The van der Waals surface area contributed by atoms with Crippen LogP contribution in [0.3, 0.4) is 0 Å². The molecule has 5 heteroatoms. The largest absolute Gasteiger partial charge is 0.494 e. The third-order valence-corrected chi connectivity index (χ3v) is 3.64. The lowest BCUT2D eigenvalue weighted by molar-refractivity contribution is -0.137. The summed E-state index contributed by atoms with van der Waals surface area (Å²) < 4.78 is 5.45. The summed E-state index contributed by atoms with van der Waals surface area (Å²) in [6.45, 7) is 3.00. The summed E-state index contributed by atoms with van der Waals surface area (Å²) >= 11 is 0. The van der Waals surface area contributed by atoms with Gasteiger partial charge in [0, 0.05) is 18.9 Å². The minimum absolute atomic E-state index is 0.115. The summed E-state index contributed by atoms with van der Waals surface area (Å²) in [4.78, 5) is 22.1. The Labute approximate surface area is 124 Å². The second kappa shape index (κ2) is 7.11. The Morgan fingerprint density at radius 2 is 2.00 bits per heavy atom. The smallest absolute Gasteiger partial charge is 0.303 e. The molecule has 1 aliphatic carbocycles. The Balaban J connectivity index is 1.69. The maximum atomic E-state index is 11.7. The van der Waals surface area contributed by atoms with Gasteiger partial charge in [0.25, 0.3) is 0 Å². The molecule has 0 heterocycles. The number of carboxylic acids is 1. The second-order valence-electron chi connectivity index (χ2n) is 5.53. The Kier molecular flexibility index (Phi) is 5.20. The second-order valence-corrected chi connectivity index (χ2v) is 5.53. The van der Waals surface area contributed by atoms with E-state index >= 15 is 0 Å². The van der Waals surface area contributed by atoms with Gasteiger partial charge in [-0.05, 0) is 36.5 Å². The molecular formula is C16H21NO4. The lowest BCUT2D eigenvalue weighted by atomic mass is 10.2. The highest BCUT2D eigenvalue weighted by molar-refractivity contribution is 5.81. The lowest BCUT2D eigenvalue weighted by Gasteiger charge is -2.07. The molecule has 1 amide bonds. The first-order valence-electron chi connectivity index (χ1n) is 7.27. The molecule has 1 aliphatic rings. The molecule has 0 spiro atoms. The van der Waals surface area contributed by atoms with Gasteiger partial charge in [-0.2, -0.15) is 0 Å². The Morgan fingerprint density at radius 3 is 2.57 bits per heavy atom. The molecule has 0 radical (unpaired) electrons. The maximum Gasteiger partial charge on any atom is 0.303 e. The number of carbonyl (C=O) groups excluding carboxylic acids is 1. The topological polar surface area (TPSA) is 75.6 Å². The standard InChI is InChI=1S/C16H21NO4/c1-11-9-14(11)16(20)17-10-12-4-6-13(7-5-12)21-8-2-3-15(18)19/h4-7,11,14H,2-3,8-10H2,1H3,(H,17,20)(H,18,19)/t11-,14-/m1/s1. The van der Waals surface area contributed by atoms with Gasteiger partial charge in [-0.3, -0.25) is 9.59 Å². The summed E-state index contributed by atoms with van der Waals surface area (Å²) in [6, 6.07) is 7.48. The van der Waals surface area contributed by atoms with E-state index in [4.69, 9.17) is 9.84 Å². The van der Waals surface area contributed by atoms with Crippen molar-refractivity contribution >= 4 is 11.9 Å². The van der Waals surface area contributed by atoms with E-state index in [9.17, 15) is 9.59 Å². The van der Waals surface area contributed by atoms with E-state index in [2.05, 4.69) is 12.2 Å². The van der Waals surface area contributed by atoms with Gasteiger partial charge in [-0.1, -0.05) is 19.1 Å². The zero-order chi connectivity index (χ0) is 15.2. The molecule has 0 unspecified atom stereocenters. The first-order chi connectivity index (χ1) is 10.1. The summed E-state index contributed by atoms with van der Waals surface area (Å²) in [7, 11) is 0. The van der Waals surface area contributed by atoms with Crippen molar-refractivity contribution in [2.45, 2.75) is 32.7 Å². The molecular weight excluding hydrogens is 270 g/mol. The van der Waals surface area contributed by atoms with E-state index in [0.29, 0.717) is 31.2 Å². The van der Waals surface area contributed by atoms with E-state index in [1.165, 1.54) is 0 Å². The number of hydrogen-bond donors (Lipinski definition) is 2. The summed E-state index contributed by atoms with van der Waals surface area (Å²) in [5.41, 5.74) is 1.02. The average molecular weight is 291 g/mol. The van der Waals surface area contributed by atoms with Crippen LogP contribution in [0.1, 0.15) is 31.7 Å². The molecule has 0 aliphatic heterocycles. The van der Waals surface area contributed by atoms with Crippen molar-refractivity contribution in [2.24, 2.45) is 11.8 Å². The SMILES string of the molecule is C[C@@H]1C[C@H]1C(=O)NCc1ccc(OCCCC(=O)O)cc1. The molecule has 2 N–H and O–H groups in total. The minimum atomic E-state index is -0.810. The van der Waals surface area contributed by atoms with Gasteiger partial charge < -0.3 is 15.2 Å². The van der Waals surface area contributed by atoms with Crippen molar-refractivity contribution in [1.82, 2.24) is 5.32 Å². The number of aliphatic carboxylic acids is 1. The summed E-state index contributed by atoms with van der Waals surface area (Å²) in [5, 5.41) is 11.5. The van der Waals surface area contributed by atoms with Crippen LogP contribution >= 0.6 is 0 Å². The van der Waals surface area contributed by atoms with Crippen molar-refractivity contribution in [1.29, 1.82) is 0 Å². The van der Waals surface area contributed by atoms with Crippen molar-refractivity contribution in [3.8, 4) is 5.75 Å². The number of nitrogens with one attached hydrogen (secondary N) is 1. The number of amides is 1. The van der Waals surface area contributed by atoms with E-state index in [0.717, 1.165) is 12.0 Å². The molecule has 5 nitrogen and oxygen atoms in total. The lowest BCUT2D eigenvalue weighted by Crippen LogP contribution is -2.24. The van der Waals surface area contributed by atoms with Crippen LogP contribution in [0.4, 0.5) is 0 Å². The maximum absolute atomic E-state index is 11.7. The minimum Gasteiger partial charge on any atom is -0.494 e. The number of rotatable bonds is 8. The summed E-state index contributed by atoms with van der Waals surface area (Å²) in [5.74, 6) is 0.755. The molecule has 114 valence electrons. The fourth-order valence-corrected chi connectivity index (χ4v) is 2.12. The quantitative estimate of drug-likeness (QED) is 0.720. The van der Waals surface area contributed by atoms with Gasteiger partial charge >= 0.3 is 5.97 Å². The third-order valence-electron chi connectivity index (χ3n) is 3.64. The van der Waals surface area contributed by atoms with Gasteiger partial charge in [0.15, 0.2) is 0 Å². The van der Waals surface area contributed by atoms with E-state index < -0.39 is 5.97 Å². The highest BCUT2D eigenvalue weighted by Crippen LogP contribution is 2.37. The van der Waals surface area contributed by atoms with Crippen LogP contribution in [-0.2, 0) is 16.1 Å². The highest BCUT2D eigenvalue weighted by atomic mass is 16.5. The molecule has 1 aromatic rings. The van der Waals surface area contributed by atoms with Crippen LogP contribution in [0.25, 0.3) is 0 Å². The predicted octanol–water partition coefficient (Wildman–Crippen LogP) is 2.20. The molecule has 0 saturated heterocycles. The van der Waals surface area contributed by atoms with E-state index in [1.54, 1.807) is 0 Å². The average Bonchev–Trinajstić information content (AvgIpc) is 3.19. The number of carbonyl (C=O) groups is 2. The molecule has 0 bridgehead atoms. The zero-order valence-electron chi connectivity index (χ0n) is 12.2. The zero-order valence-corrected chi connectivity index (χ0v) is 12.2. The van der Waals surface area contributed by atoms with Crippen LogP contribution in [0.5, 0.6) is 5.75 Å². The first-order valence-corrected chi connectivity index (χ1v) is 7.27. The van der Waals surface area contributed by atoms with Gasteiger partial charge in [0.1, 0.15) is 5.75 Å². The normalized spacial score (nSPS) is 19.9. The van der Waals surface area contributed by atoms with E-state index in [1.807, 2.05) is 24.3 Å². The summed E-state index contributed by atoms with van der Waals surface area (Å²) in [6.07, 6.45) is 1.60. The molecule has 2 atom stereocenters. The van der Waals surface area contributed by atoms with E-state index in [-0.39, 0.29) is 18.2 Å². The molecule has 2 rings (SSSR count). The van der Waals surface area contributed by atoms with Crippen LogP contribution in [-0.4, -0.2) is 23.6 Å². The molecule has 0 aromatic heterocycles. The van der Waals surface area contributed by atoms with Gasteiger partial charge in [0.05, 0.1) is 6.61 Å². The van der Waals surface area contributed by atoms with Crippen LogP contribution in [0.2, 0.25) is 0 Å². The third kappa shape index (κ3) is 5.10. The Hall–Kier alpha value is -2.04. The van der Waals surface area contributed by atoms with Crippen molar-refractivity contribution in [3.05, 3.63) is 29.8 Å². The van der Waals surface area contributed by atoms with Crippen LogP contribution in [0.15, 0.2) is 24.3 Å². The Bertz CT molecular complexity index is 498. The molecule has 1 aromatic carbocycles. The van der Waals surface area contributed by atoms with Crippen molar-refractivity contribution in [2.75, 3.05) is 6.61 Å². The fourth-order valence-electron chi connectivity index (χ4n) is 2.12. The number of hydrogen-bond acceptors (Lipinski definition) is 3. The number of benzene rings is 1. The van der Waals surface area contributed by atoms with Crippen LogP contribution < -0.4 is 10.1 Å². The Morgan fingerprint density at radius 1 is 1.33 bits per heavy atom. The monoisotopic (exact) mass is 291 g/mol. The predicted molar refractivity (Wildman–Crippen MR) is 77.9 cm³/mol. The van der Waals surface area contributed by atoms with Gasteiger partial charge in [-0.15, -0.1) is 0 Å². The number of carboxylic acid groups (broad SMARTS) is 1. The molecule has 1 fully saturated rings. The first kappa shape index (κ1) is 15.4. The molecule has 21 heavy (non-hydrogen) atoms. The molecule has 1 saturated carbocycles. The highest BCUT2D eigenvalue weighted by Gasteiger charge is 2.38. The number of ether oxygens (including phenoxy) is 1. The fraction of sp³-hybridized carbons (Fsp3) is 0.500. The van der Waals surface area contributed by atoms with Crippen LogP contribution in [0, 0.1) is 11.8 Å².